The van der Waals surface area contributed by atoms with E-state index in [0.717, 1.165) is 0 Å². The van der Waals surface area contributed by atoms with Crippen LogP contribution in [-0.2, 0) is 9.59 Å². The van der Waals surface area contributed by atoms with Crippen LogP contribution in [0.4, 0.5) is 0 Å². The van der Waals surface area contributed by atoms with Crippen molar-refractivity contribution in [2.75, 3.05) is 11.5 Å². The molecule has 0 aliphatic heterocycles. The smallest absolute Gasteiger partial charge is 0.321 e. The zero-order chi connectivity index (χ0) is 11.1. The van der Waals surface area contributed by atoms with Crippen molar-refractivity contribution in [1.29, 1.82) is 0 Å². The second-order valence-corrected chi connectivity index (χ2v) is 5.01. The molecule has 0 aromatic carbocycles. The van der Waals surface area contributed by atoms with E-state index in [-0.39, 0.29) is 49.2 Å². The summed E-state index contributed by atoms with van der Waals surface area (Å²) in [5, 5.41) is 16.8. The van der Waals surface area contributed by atoms with Crippen molar-refractivity contribution in [2.45, 2.75) is 12.1 Å². The van der Waals surface area contributed by atoms with Crippen molar-refractivity contribution in [3.63, 3.8) is 0 Å². The Labute approximate surface area is 125 Å². The molecule has 0 aromatic rings. The zero-order valence-electron chi connectivity index (χ0n) is 9.25. The van der Waals surface area contributed by atoms with Crippen molar-refractivity contribution < 1.29 is 19.8 Å². The Bertz CT molecular complexity index is 201. The normalized spacial score (nSPS) is 12.9. The second kappa shape index (κ2) is 12.2. The van der Waals surface area contributed by atoms with Crippen molar-refractivity contribution in [3.05, 3.63) is 0 Å². The van der Waals surface area contributed by atoms with Gasteiger partial charge in [0.05, 0.1) is 0 Å². The van der Waals surface area contributed by atoms with Crippen LogP contribution in [0.2, 0.25) is 0 Å². The molecule has 0 aliphatic carbocycles. The molecule has 0 aromatic heterocycles. The van der Waals surface area contributed by atoms with E-state index in [4.69, 9.17) is 21.7 Å². The van der Waals surface area contributed by atoms with Gasteiger partial charge in [0.1, 0.15) is 12.1 Å². The topological polar surface area (TPSA) is 127 Å². The Morgan fingerprint density at radius 2 is 1.19 bits per heavy atom. The van der Waals surface area contributed by atoms with Gasteiger partial charge in [-0.2, -0.15) is 0 Å². The van der Waals surface area contributed by atoms with E-state index >= 15 is 0 Å². The van der Waals surface area contributed by atoms with E-state index in [2.05, 4.69) is 0 Å². The number of nitrogens with two attached hydrogens (primary N) is 2. The third kappa shape index (κ3) is 11.2. The zero-order valence-corrected chi connectivity index (χ0v) is 10.9. The first-order chi connectivity index (χ1) is 6.45. The first kappa shape index (κ1) is 22.0. The molecule has 0 aliphatic rings. The number of carboxylic acid groups (broad SMARTS) is 2. The van der Waals surface area contributed by atoms with Gasteiger partial charge in [-0.25, -0.2) is 0 Å². The largest absolute Gasteiger partial charge is 0.480 e. The summed E-state index contributed by atoms with van der Waals surface area (Å²) < 4.78 is 0. The Morgan fingerprint density at radius 1 is 0.938 bits per heavy atom. The Kier molecular flexibility index (Phi) is 16.8. The molecule has 0 rings (SSSR count). The molecular formula is C6H12Li2N2O4S2. The van der Waals surface area contributed by atoms with Gasteiger partial charge in [-0.3, -0.25) is 9.59 Å². The van der Waals surface area contributed by atoms with Crippen LogP contribution >= 0.6 is 21.6 Å². The van der Waals surface area contributed by atoms with E-state index in [9.17, 15) is 9.59 Å². The monoisotopic (exact) mass is 254 g/mol. The Hall–Kier alpha value is 0.755. The predicted octanol–water partition coefficient (Wildman–Crippen LogP) is -1.57. The van der Waals surface area contributed by atoms with Crippen molar-refractivity contribution >= 4 is 71.2 Å². The first-order valence-electron chi connectivity index (χ1n) is 3.66. The van der Waals surface area contributed by atoms with Crippen LogP contribution in [0.15, 0.2) is 0 Å². The summed E-state index contributed by atoms with van der Waals surface area (Å²) in [5.41, 5.74) is 10.4. The number of carbonyl (C=O) groups is 2. The molecule has 2 radical (unpaired) electrons. The number of carboxylic acids is 2. The van der Waals surface area contributed by atoms with Gasteiger partial charge in [0.15, 0.2) is 0 Å². The van der Waals surface area contributed by atoms with E-state index in [1.165, 1.54) is 21.6 Å². The van der Waals surface area contributed by atoms with E-state index in [1.54, 1.807) is 0 Å². The molecule has 0 saturated heterocycles. The van der Waals surface area contributed by atoms with Crippen LogP contribution in [0.3, 0.4) is 0 Å². The predicted molar refractivity (Wildman–Crippen MR) is 67.6 cm³/mol. The first-order valence-corrected chi connectivity index (χ1v) is 6.15. The molecule has 0 heterocycles. The van der Waals surface area contributed by atoms with Gasteiger partial charge in [-0.05, 0) is 0 Å². The molecule has 0 unspecified atom stereocenters. The molecule has 0 bridgehead atoms. The van der Waals surface area contributed by atoms with Crippen LogP contribution in [0.5, 0.6) is 0 Å². The summed E-state index contributed by atoms with van der Waals surface area (Å²) in [5.74, 6) is -1.68. The third-order valence-corrected chi connectivity index (χ3v) is 3.69. The van der Waals surface area contributed by atoms with E-state index < -0.39 is 24.0 Å². The summed E-state index contributed by atoms with van der Waals surface area (Å²) in [6.45, 7) is 0. The number of hydrogen-bond donors (Lipinski definition) is 4. The summed E-state index contributed by atoms with van der Waals surface area (Å²) in [4.78, 5) is 20.5. The second-order valence-electron chi connectivity index (χ2n) is 2.46. The number of aliphatic carboxylic acids is 2. The summed E-state index contributed by atoms with van der Waals surface area (Å²) >= 11 is 0. The van der Waals surface area contributed by atoms with Gasteiger partial charge in [0, 0.05) is 49.2 Å². The van der Waals surface area contributed by atoms with Crippen LogP contribution in [0.1, 0.15) is 0 Å². The van der Waals surface area contributed by atoms with Crippen LogP contribution in [-0.4, -0.2) is 83.5 Å². The average molecular weight is 254 g/mol. The number of rotatable bonds is 7. The molecule has 2 atom stereocenters. The van der Waals surface area contributed by atoms with Gasteiger partial charge >= 0.3 is 11.9 Å². The fraction of sp³-hybridized carbons (Fsp3) is 0.667. The SMILES string of the molecule is N[C@@H](CSSC[C@H](N)C(=O)O)C(=O)O.[Li].[Li]. The molecular weight excluding hydrogens is 242 g/mol. The summed E-state index contributed by atoms with van der Waals surface area (Å²) in [6.07, 6.45) is 0. The Morgan fingerprint density at radius 3 is 1.38 bits per heavy atom. The van der Waals surface area contributed by atoms with Gasteiger partial charge in [0.25, 0.3) is 0 Å². The number of hydrogen-bond acceptors (Lipinski definition) is 6. The molecule has 0 spiro atoms. The molecule has 0 saturated carbocycles. The summed E-state index contributed by atoms with van der Waals surface area (Å²) in [6, 6.07) is -1.85. The molecule has 0 fully saturated rings. The van der Waals surface area contributed by atoms with Gasteiger partial charge in [0.2, 0.25) is 0 Å². The van der Waals surface area contributed by atoms with Crippen molar-refractivity contribution in [1.82, 2.24) is 0 Å². The third-order valence-electron chi connectivity index (χ3n) is 1.21. The minimum absolute atomic E-state index is 0. The quantitative estimate of drug-likeness (QED) is 0.244. The molecule has 16 heavy (non-hydrogen) atoms. The van der Waals surface area contributed by atoms with Crippen molar-refractivity contribution in [2.24, 2.45) is 11.5 Å². The maximum atomic E-state index is 10.3. The fourth-order valence-corrected chi connectivity index (χ4v) is 2.61. The molecule has 0 amide bonds. The fourth-order valence-electron chi connectivity index (χ4n) is 0.385. The minimum atomic E-state index is -1.07. The molecule has 6 nitrogen and oxygen atoms in total. The van der Waals surface area contributed by atoms with Crippen LogP contribution < -0.4 is 11.5 Å². The van der Waals surface area contributed by atoms with Crippen LogP contribution in [0, 0.1) is 0 Å². The average Bonchev–Trinajstić information content (AvgIpc) is 2.11. The minimum Gasteiger partial charge on any atom is -0.480 e. The van der Waals surface area contributed by atoms with Gasteiger partial charge < -0.3 is 21.7 Å². The Balaban J connectivity index is -0.000000845. The van der Waals surface area contributed by atoms with Crippen molar-refractivity contribution in [3.8, 4) is 0 Å². The van der Waals surface area contributed by atoms with E-state index in [0.29, 0.717) is 0 Å². The maximum absolute atomic E-state index is 10.3. The van der Waals surface area contributed by atoms with Crippen LogP contribution in [0.25, 0.3) is 0 Å². The molecule has 84 valence electrons. The standard InChI is InChI=1S/C6H12N2O4S2.2Li/c7-3(5(9)10)1-13-14-2-4(8)6(11)12;;/h3-4H,1-2,7-8H2,(H,9,10)(H,11,12);;/t3-,4-;;/m0../s1. The maximum Gasteiger partial charge on any atom is 0.321 e. The summed E-state index contributed by atoms with van der Waals surface area (Å²) in [7, 11) is 2.41. The van der Waals surface area contributed by atoms with E-state index in [1.807, 2.05) is 0 Å². The molecule has 10 heteroatoms. The van der Waals surface area contributed by atoms with Gasteiger partial charge in [-0.1, -0.05) is 21.6 Å². The van der Waals surface area contributed by atoms with Gasteiger partial charge in [-0.15, -0.1) is 0 Å². The molecule has 6 N–H and O–H groups in total.